The Morgan fingerprint density at radius 1 is 0.828 bits per heavy atom. The van der Waals surface area contributed by atoms with Crippen LogP contribution in [0, 0.1) is 0 Å². The fourth-order valence-electron chi connectivity index (χ4n) is 3.71. The number of carboxylic acid groups (broad SMARTS) is 1. The van der Waals surface area contributed by atoms with Gasteiger partial charge >= 0.3 is 0 Å². The van der Waals surface area contributed by atoms with Gasteiger partial charge < -0.3 is 14.5 Å². The number of aromatic nitrogens is 1. The topological polar surface area (TPSA) is 62.1 Å². The van der Waals surface area contributed by atoms with Crippen LogP contribution >= 0.6 is 0 Å². The van der Waals surface area contributed by atoms with Crippen LogP contribution in [-0.2, 0) is 11.3 Å². The quantitative estimate of drug-likeness (QED) is 0.457. The molecule has 0 aliphatic heterocycles. The van der Waals surface area contributed by atoms with Crippen LogP contribution in [-0.4, -0.2) is 16.3 Å². The van der Waals surface area contributed by atoms with Crippen molar-refractivity contribution in [1.29, 1.82) is 0 Å². The smallest absolute Gasteiger partial charge is 0.163 e. The van der Waals surface area contributed by atoms with Gasteiger partial charge in [-0.15, -0.1) is 0 Å². The largest absolute Gasteiger partial charge is 0.549 e. The number of carbonyl (C=O) groups is 2. The zero-order chi connectivity index (χ0) is 20.2. The summed E-state index contributed by atoms with van der Waals surface area (Å²) in [5.74, 6) is -2.46. The first-order valence-corrected chi connectivity index (χ1v) is 9.54. The number of benzene rings is 3. The average molecular weight is 382 g/mol. The number of rotatable bonds is 7. The average Bonchev–Trinajstić information content (AvgIpc) is 3.11. The summed E-state index contributed by atoms with van der Waals surface area (Å²) in [6, 6.07) is 26.4. The Morgan fingerprint density at radius 2 is 1.45 bits per heavy atom. The van der Waals surface area contributed by atoms with Crippen LogP contribution in [0.3, 0.4) is 0 Å². The highest BCUT2D eigenvalue weighted by molar-refractivity contribution is 6.00. The Balaban J connectivity index is 1.72. The number of ketones is 1. The summed E-state index contributed by atoms with van der Waals surface area (Å²) < 4.78 is 2.03. The highest BCUT2D eigenvalue weighted by atomic mass is 16.4. The van der Waals surface area contributed by atoms with E-state index < -0.39 is 11.9 Å². The van der Waals surface area contributed by atoms with E-state index in [4.69, 9.17) is 0 Å². The first-order valence-electron chi connectivity index (χ1n) is 9.54. The second-order valence-corrected chi connectivity index (χ2v) is 7.08. The molecule has 0 aliphatic rings. The van der Waals surface area contributed by atoms with Gasteiger partial charge in [-0.3, -0.25) is 4.79 Å². The molecular formula is C25H20NO3-. The van der Waals surface area contributed by atoms with Gasteiger partial charge in [0.15, 0.2) is 5.78 Å². The molecule has 3 aromatic carbocycles. The molecule has 4 rings (SSSR count). The van der Waals surface area contributed by atoms with E-state index in [-0.39, 0.29) is 12.2 Å². The molecule has 4 heteroatoms. The molecule has 0 bridgehead atoms. The molecule has 29 heavy (non-hydrogen) atoms. The Morgan fingerprint density at radius 3 is 2.14 bits per heavy atom. The number of para-hydroxylation sites is 1. The number of hydrogen-bond acceptors (Lipinski definition) is 3. The molecule has 0 aliphatic carbocycles. The second kappa shape index (κ2) is 8.15. The van der Waals surface area contributed by atoms with Gasteiger partial charge in [0, 0.05) is 47.5 Å². The molecule has 0 radical (unpaired) electrons. The van der Waals surface area contributed by atoms with Crippen molar-refractivity contribution in [3.63, 3.8) is 0 Å². The summed E-state index contributed by atoms with van der Waals surface area (Å²) in [6.07, 6.45) is 1.71. The molecule has 0 amide bonds. The van der Waals surface area contributed by atoms with E-state index in [0.717, 1.165) is 16.5 Å². The minimum Gasteiger partial charge on any atom is -0.549 e. The van der Waals surface area contributed by atoms with Gasteiger partial charge in [0.25, 0.3) is 0 Å². The molecule has 1 aromatic heterocycles. The van der Waals surface area contributed by atoms with Gasteiger partial charge in [-0.2, -0.15) is 0 Å². The van der Waals surface area contributed by atoms with Gasteiger partial charge in [-0.1, -0.05) is 78.9 Å². The van der Waals surface area contributed by atoms with Crippen molar-refractivity contribution in [3.8, 4) is 0 Å². The standard InChI is InChI=1S/C25H21NO3/c27-24(19-11-5-2-6-12-19)15-21(25(28)29)22-17-26(16-18-9-3-1-4-10-18)23-14-8-7-13-20(22)23/h1-14,17,21H,15-16H2,(H,28,29)/p-1/t21-/m1/s1. The third kappa shape index (κ3) is 3.97. The molecule has 1 atom stereocenters. The van der Waals surface area contributed by atoms with Gasteiger partial charge in [0.1, 0.15) is 0 Å². The minimum absolute atomic E-state index is 0.133. The van der Waals surface area contributed by atoms with Crippen molar-refractivity contribution >= 4 is 22.7 Å². The number of fused-ring (bicyclic) bond motifs is 1. The van der Waals surface area contributed by atoms with Crippen molar-refractivity contribution < 1.29 is 14.7 Å². The molecule has 0 unspecified atom stereocenters. The van der Waals surface area contributed by atoms with Gasteiger partial charge in [0.2, 0.25) is 0 Å². The van der Waals surface area contributed by atoms with E-state index in [1.54, 1.807) is 24.3 Å². The normalized spacial score (nSPS) is 12.0. The Labute approximate surface area is 169 Å². The van der Waals surface area contributed by atoms with E-state index in [2.05, 4.69) is 0 Å². The fraction of sp³-hybridized carbons (Fsp3) is 0.120. The van der Waals surface area contributed by atoms with E-state index in [0.29, 0.717) is 17.7 Å². The van der Waals surface area contributed by atoms with Crippen molar-refractivity contribution in [3.05, 3.63) is 108 Å². The summed E-state index contributed by atoms with van der Waals surface area (Å²) >= 11 is 0. The lowest BCUT2D eigenvalue weighted by Gasteiger charge is -2.17. The number of nitrogens with zero attached hydrogens (tertiary/aromatic N) is 1. The third-order valence-corrected chi connectivity index (χ3v) is 5.16. The molecule has 0 saturated heterocycles. The molecule has 0 spiro atoms. The zero-order valence-corrected chi connectivity index (χ0v) is 15.8. The Kier molecular flexibility index (Phi) is 5.25. The first kappa shape index (κ1) is 18.7. The summed E-state index contributed by atoms with van der Waals surface area (Å²) in [5.41, 5.74) is 3.17. The van der Waals surface area contributed by atoms with Crippen molar-refractivity contribution in [2.75, 3.05) is 0 Å². The molecular weight excluding hydrogens is 362 g/mol. The molecule has 0 saturated carbocycles. The van der Waals surface area contributed by atoms with E-state index in [9.17, 15) is 14.7 Å². The monoisotopic (exact) mass is 382 g/mol. The van der Waals surface area contributed by atoms with Crippen LogP contribution in [0.4, 0.5) is 0 Å². The number of Topliss-reactive ketones (excluding diaryl/α,β-unsaturated/α-hetero) is 1. The molecule has 4 nitrogen and oxygen atoms in total. The first-order chi connectivity index (χ1) is 14.1. The lowest BCUT2D eigenvalue weighted by molar-refractivity contribution is -0.307. The van der Waals surface area contributed by atoms with Crippen LogP contribution in [0.25, 0.3) is 10.9 Å². The maximum atomic E-state index is 12.7. The summed E-state index contributed by atoms with van der Waals surface area (Å²) in [5, 5.41) is 12.8. The number of hydrogen-bond donors (Lipinski definition) is 0. The SMILES string of the molecule is O=C(C[C@@H](C(=O)[O-])c1cn(Cc2ccccc2)c2ccccc12)c1ccccc1. The predicted molar refractivity (Wildman–Crippen MR) is 111 cm³/mol. The van der Waals surface area contributed by atoms with Crippen molar-refractivity contribution in [2.24, 2.45) is 0 Å². The Hall–Kier alpha value is -3.66. The minimum atomic E-state index is -1.24. The van der Waals surface area contributed by atoms with Gasteiger partial charge in [0.05, 0.1) is 0 Å². The Bertz CT molecular complexity index is 1150. The fourth-order valence-corrected chi connectivity index (χ4v) is 3.71. The van der Waals surface area contributed by atoms with Crippen LogP contribution in [0.15, 0.2) is 91.1 Å². The highest BCUT2D eigenvalue weighted by Gasteiger charge is 2.22. The van der Waals surface area contributed by atoms with E-state index >= 15 is 0 Å². The van der Waals surface area contributed by atoms with Crippen molar-refractivity contribution in [1.82, 2.24) is 4.57 Å². The van der Waals surface area contributed by atoms with E-state index in [1.165, 1.54) is 0 Å². The molecule has 0 N–H and O–H groups in total. The predicted octanol–water partition coefficient (Wildman–Crippen LogP) is 3.80. The van der Waals surface area contributed by atoms with Gasteiger partial charge in [-0.25, -0.2) is 0 Å². The number of aliphatic carboxylic acids is 1. The highest BCUT2D eigenvalue weighted by Crippen LogP contribution is 2.31. The zero-order valence-electron chi connectivity index (χ0n) is 15.8. The summed E-state index contributed by atoms with van der Waals surface area (Å²) in [6.45, 7) is 0.619. The lowest BCUT2D eigenvalue weighted by Crippen LogP contribution is -2.31. The summed E-state index contributed by atoms with van der Waals surface area (Å²) in [7, 11) is 0. The third-order valence-electron chi connectivity index (χ3n) is 5.16. The second-order valence-electron chi connectivity index (χ2n) is 7.08. The molecule has 1 heterocycles. The van der Waals surface area contributed by atoms with E-state index in [1.807, 2.05) is 71.4 Å². The maximum absolute atomic E-state index is 12.7. The lowest BCUT2D eigenvalue weighted by atomic mass is 9.91. The number of carbonyl (C=O) groups excluding carboxylic acids is 2. The molecule has 0 fully saturated rings. The van der Waals surface area contributed by atoms with Crippen molar-refractivity contribution in [2.45, 2.75) is 18.9 Å². The van der Waals surface area contributed by atoms with Crippen LogP contribution in [0.5, 0.6) is 0 Å². The van der Waals surface area contributed by atoms with Crippen LogP contribution in [0.2, 0.25) is 0 Å². The molecule has 4 aromatic rings. The van der Waals surface area contributed by atoms with Crippen LogP contribution in [0.1, 0.15) is 33.8 Å². The maximum Gasteiger partial charge on any atom is 0.163 e. The summed E-state index contributed by atoms with van der Waals surface area (Å²) in [4.78, 5) is 24.7. The number of carboxylic acids is 1. The van der Waals surface area contributed by atoms with Crippen LogP contribution < -0.4 is 5.11 Å². The van der Waals surface area contributed by atoms with Gasteiger partial charge in [-0.05, 0) is 17.2 Å². The molecule has 144 valence electrons.